The Hall–Kier alpha value is -4.00. The molecular formula is C21H12F4N6O2S. The molecule has 0 amide bonds. The van der Waals surface area contributed by atoms with E-state index in [1.165, 1.54) is 41.1 Å². The highest BCUT2D eigenvalue weighted by Gasteiger charge is 2.30. The van der Waals surface area contributed by atoms with Gasteiger partial charge in [0, 0.05) is 22.9 Å². The lowest BCUT2D eigenvalue weighted by Crippen LogP contribution is -2.21. The molecule has 3 heterocycles. The molecule has 0 fully saturated rings. The SMILES string of the molecule is O=c1n(Cc2nc(-c3cccc(C(F)(F)F)c3)no2)nc2c(Sc3cccc(F)c3)nccn12. The first-order chi connectivity index (χ1) is 16.3. The number of nitrogens with zero attached hydrogens (tertiary/aromatic N) is 6. The van der Waals surface area contributed by atoms with Gasteiger partial charge in [-0.05, 0) is 30.3 Å². The van der Waals surface area contributed by atoms with Crippen molar-refractivity contribution in [2.24, 2.45) is 0 Å². The van der Waals surface area contributed by atoms with Gasteiger partial charge < -0.3 is 4.52 Å². The van der Waals surface area contributed by atoms with Gasteiger partial charge in [-0.25, -0.2) is 23.3 Å². The fourth-order valence-electron chi connectivity index (χ4n) is 3.14. The van der Waals surface area contributed by atoms with E-state index in [2.05, 4.69) is 20.2 Å². The standard InChI is InChI=1S/C21H12F4N6O2S/c22-14-5-2-6-15(10-14)34-19-18-28-31(20(32)30(18)8-7-26-19)11-16-27-17(29-33-16)12-3-1-4-13(9-12)21(23,24)25/h1-10H,11H2. The lowest BCUT2D eigenvalue weighted by atomic mass is 10.1. The largest absolute Gasteiger partial charge is 0.416 e. The molecule has 0 spiro atoms. The Kier molecular flexibility index (Phi) is 5.40. The maximum atomic E-state index is 13.5. The van der Waals surface area contributed by atoms with Crippen molar-refractivity contribution >= 4 is 17.4 Å². The van der Waals surface area contributed by atoms with Crippen LogP contribution in [0.15, 0.2) is 80.2 Å². The fourth-order valence-corrected chi connectivity index (χ4v) is 4.03. The fraction of sp³-hybridized carbons (Fsp3) is 0.0952. The third-order valence-corrected chi connectivity index (χ3v) is 5.65. The van der Waals surface area contributed by atoms with Crippen molar-refractivity contribution in [2.75, 3.05) is 0 Å². The Labute approximate surface area is 191 Å². The summed E-state index contributed by atoms with van der Waals surface area (Å²) in [6.07, 6.45) is -1.67. The number of aromatic nitrogens is 6. The van der Waals surface area contributed by atoms with Crippen LogP contribution in [0.2, 0.25) is 0 Å². The van der Waals surface area contributed by atoms with E-state index in [9.17, 15) is 22.4 Å². The molecule has 0 bridgehead atoms. The van der Waals surface area contributed by atoms with Gasteiger partial charge in [-0.3, -0.25) is 0 Å². The lowest BCUT2D eigenvalue weighted by molar-refractivity contribution is -0.137. The maximum absolute atomic E-state index is 13.5. The van der Waals surface area contributed by atoms with E-state index in [0.29, 0.717) is 9.92 Å². The Morgan fingerprint density at radius 3 is 2.71 bits per heavy atom. The monoisotopic (exact) mass is 488 g/mol. The minimum Gasteiger partial charge on any atom is -0.337 e. The second-order valence-corrected chi connectivity index (χ2v) is 8.08. The highest BCUT2D eigenvalue weighted by Crippen LogP contribution is 2.31. The predicted octanol–water partition coefficient (Wildman–Crippen LogP) is 4.30. The number of halogens is 4. The molecule has 0 atom stereocenters. The van der Waals surface area contributed by atoms with Crippen molar-refractivity contribution in [1.82, 2.24) is 29.3 Å². The zero-order valence-corrected chi connectivity index (χ0v) is 17.7. The molecule has 0 aliphatic rings. The van der Waals surface area contributed by atoms with E-state index in [0.717, 1.165) is 28.6 Å². The van der Waals surface area contributed by atoms with Crippen LogP contribution in [0.1, 0.15) is 11.5 Å². The average molecular weight is 488 g/mol. The van der Waals surface area contributed by atoms with Crippen LogP contribution in [0, 0.1) is 5.82 Å². The van der Waals surface area contributed by atoms with Gasteiger partial charge in [0.15, 0.2) is 5.65 Å². The van der Waals surface area contributed by atoms with Crippen molar-refractivity contribution < 1.29 is 22.1 Å². The van der Waals surface area contributed by atoms with E-state index < -0.39 is 23.2 Å². The number of benzene rings is 2. The molecule has 0 unspecified atom stereocenters. The zero-order chi connectivity index (χ0) is 23.9. The summed E-state index contributed by atoms with van der Waals surface area (Å²) in [4.78, 5) is 21.7. The average Bonchev–Trinajstić information content (AvgIpc) is 3.39. The summed E-state index contributed by atoms with van der Waals surface area (Å²) in [5.41, 5.74) is -1.01. The molecule has 0 aliphatic carbocycles. The van der Waals surface area contributed by atoms with Crippen molar-refractivity contribution in [3.63, 3.8) is 0 Å². The predicted molar refractivity (Wildman–Crippen MR) is 112 cm³/mol. The van der Waals surface area contributed by atoms with Crippen LogP contribution in [-0.4, -0.2) is 29.3 Å². The molecule has 0 aliphatic heterocycles. The van der Waals surface area contributed by atoms with Crippen LogP contribution in [0.3, 0.4) is 0 Å². The number of hydrogen-bond donors (Lipinski definition) is 0. The van der Waals surface area contributed by atoms with E-state index in [-0.39, 0.29) is 29.5 Å². The third kappa shape index (κ3) is 4.29. The summed E-state index contributed by atoms with van der Waals surface area (Å²) in [7, 11) is 0. The molecule has 5 rings (SSSR count). The van der Waals surface area contributed by atoms with Gasteiger partial charge in [0.1, 0.15) is 17.4 Å². The van der Waals surface area contributed by atoms with Crippen molar-refractivity contribution in [1.29, 1.82) is 0 Å². The first kappa shape index (κ1) is 21.8. The Balaban J connectivity index is 1.44. The van der Waals surface area contributed by atoms with Crippen LogP contribution >= 0.6 is 11.8 Å². The number of alkyl halides is 3. The summed E-state index contributed by atoms with van der Waals surface area (Å²) in [5, 5.41) is 8.36. The summed E-state index contributed by atoms with van der Waals surface area (Å²) >= 11 is 1.13. The molecule has 5 aromatic rings. The zero-order valence-electron chi connectivity index (χ0n) is 16.9. The number of hydrogen-bond acceptors (Lipinski definition) is 7. The summed E-state index contributed by atoms with van der Waals surface area (Å²) in [5.74, 6) is -0.486. The van der Waals surface area contributed by atoms with Crippen LogP contribution in [0.25, 0.3) is 17.0 Å². The second-order valence-electron chi connectivity index (χ2n) is 7.02. The van der Waals surface area contributed by atoms with Crippen molar-refractivity contribution in [2.45, 2.75) is 22.6 Å². The van der Waals surface area contributed by atoms with Gasteiger partial charge in [0.25, 0.3) is 0 Å². The summed E-state index contributed by atoms with van der Waals surface area (Å²) in [6.45, 7) is -0.212. The Morgan fingerprint density at radius 1 is 1.09 bits per heavy atom. The molecule has 0 N–H and O–H groups in total. The molecule has 13 heteroatoms. The molecule has 3 aromatic heterocycles. The van der Waals surface area contributed by atoms with Crippen molar-refractivity contribution in [3.8, 4) is 11.4 Å². The van der Waals surface area contributed by atoms with Crippen molar-refractivity contribution in [3.05, 3.63) is 88.7 Å². The maximum Gasteiger partial charge on any atom is 0.416 e. The van der Waals surface area contributed by atoms with Crippen LogP contribution in [0.4, 0.5) is 17.6 Å². The van der Waals surface area contributed by atoms with E-state index in [1.54, 1.807) is 12.1 Å². The van der Waals surface area contributed by atoms with Gasteiger partial charge in [-0.15, -0.1) is 5.10 Å². The van der Waals surface area contributed by atoms with E-state index in [4.69, 9.17) is 4.52 Å². The van der Waals surface area contributed by atoms with Gasteiger partial charge in [-0.1, -0.05) is 35.1 Å². The van der Waals surface area contributed by atoms with E-state index in [1.807, 2.05) is 0 Å². The molecule has 0 radical (unpaired) electrons. The van der Waals surface area contributed by atoms with Gasteiger partial charge in [-0.2, -0.15) is 18.2 Å². The smallest absolute Gasteiger partial charge is 0.337 e. The quantitative estimate of drug-likeness (QED) is 0.341. The summed E-state index contributed by atoms with van der Waals surface area (Å²) in [6, 6.07) is 10.4. The summed E-state index contributed by atoms with van der Waals surface area (Å²) < 4.78 is 59.9. The topological polar surface area (TPSA) is 91.1 Å². The van der Waals surface area contributed by atoms with Gasteiger partial charge in [0.2, 0.25) is 11.7 Å². The first-order valence-corrected chi connectivity index (χ1v) is 10.5. The first-order valence-electron chi connectivity index (χ1n) is 9.66. The minimum atomic E-state index is -4.51. The molecule has 2 aromatic carbocycles. The highest BCUT2D eigenvalue weighted by molar-refractivity contribution is 7.99. The van der Waals surface area contributed by atoms with Crippen LogP contribution < -0.4 is 5.69 Å². The van der Waals surface area contributed by atoms with Crippen LogP contribution in [-0.2, 0) is 12.7 Å². The third-order valence-electron chi connectivity index (χ3n) is 4.68. The molecule has 0 saturated carbocycles. The second kappa shape index (κ2) is 8.41. The van der Waals surface area contributed by atoms with Gasteiger partial charge >= 0.3 is 11.9 Å². The Morgan fingerprint density at radius 2 is 1.91 bits per heavy atom. The molecule has 34 heavy (non-hydrogen) atoms. The van der Waals surface area contributed by atoms with E-state index >= 15 is 0 Å². The highest BCUT2D eigenvalue weighted by atomic mass is 32.2. The molecular weight excluding hydrogens is 476 g/mol. The number of rotatable bonds is 5. The molecule has 0 saturated heterocycles. The molecule has 8 nitrogen and oxygen atoms in total. The normalized spacial score (nSPS) is 11.9. The number of fused-ring (bicyclic) bond motifs is 1. The molecule has 172 valence electrons. The Bertz CT molecular complexity index is 1560. The minimum absolute atomic E-state index is 0.0230. The van der Waals surface area contributed by atoms with Crippen LogP contribution in [0.5, 0.6) is 0 Å². The lowest BCUT2D eigenvalue weighted by Gasteiger charge is -2.06. The van der Waals surface area contributed by atoms with Gasteiger partial charge in [0.05, 0.1) is 5.56 Å².